The molecule has 0 bridgehead atoms. The summed E-state index contributed by atoms with van der Waals surface area (Å²) in [6.07, 6.45) is 2.43. The van der Waals surface area contributed by atoms with Crippen LogP contribution in [0.2, 0.25) is 0 Å². The van der Waals surface area contributed by atoms with Gasteiger partial charge in [-0.2, -0.15) is 0 Å². The van der Waals surface area contributed by atoms with E-state index in [-0.39, 0.29) is 11.8 Å². The topological polar surface area (TPSA) is 62.3 Å². The number of amides is 2. The van der Waals surface area contributed by atoms with Gasteiger partial charge in [-0.05, 0) is 37.0 Å². The predicted molar refractivity (Wildman–Crippen MR) is 103 cm³/mol. The van der Waals surface area contributed by atoms with Crippen molar-refractivity contribution in [3.63, 3.8) is 0 Å². The summed E-state index contributed by atoms with van der Waals surface area (Å²) in [5, 5.41) is 2.89. The minimum Gasteiger partial charge on any atom is -0.352 e. The summed E-state index contributed by atoms with van der Waals surface area (Å²) < 4.78 is 0. The number of pyridine rings is 1. The van der Waals surface area contributed by atoms with E-state index in [0.717, 1.165) is 12.0 Å². The van der Waals surface area contributed by atoms with Crippen LogP contribution in [-0.2, 0) is 6.54 Å². The van der Waals surface area contributed by atoms with E-state index in [4.69, 9.17) is 0 Å². The summed E-state index contributed by atoms with van der Waals surface area (Å²) in [5.74, 6) is 0.183. The molecule has 1 N–H and O–H groups in total. The molecule has 5 heteroatoms. The van der Waals surface area contributed by atoms with Crippen LogP contribution in [0.3, 0.4) is 0 Å². The first-order chi connectivity index (χ1) is 12.5. The van der Waals surface area contributed by atoms with Crippen molar-refractivity contribution in [2.45, 2.75) is 33.7 Å². The predicted octanol–water partition coefficient (Wildman–Crippen LogP) is 3.52. The van der Waals surface area contributed by atoms with Crippen molar-refractivity contribution < 1.29 is 9.59 Å². The molecule has 0 radical (unpaired) electrons. The molecular formula is C21H27N3O2. The molecule has 138 valence electrons. The average Bonchev–Trinajstić information content (AvgIpc) is 2.66. The number of carbonyl (C=O) groups is 2. The van der Waals surface area contributed by atoms with Gasteiger partial charge in [0, 0.05) is 31.4 Å². The number of rotatable bonds is 8. The third-order valence-corrected chi connectivity index (χ3v) is 4.13. The van der Waals surface area contributed by atoms with Gasteiger partial charge < -0.3 is 10.2 Å². The van der Waals surface area contributed by atoms with Crippen LogP contribution in [0, 0.1) is 5.92 Å². The van der Waals surface area contributed by atoms with Gasteiger partial charge in [0.25, 0.3) is 11.8 Å². The van der Waals surface area contributed by atoms with Crippen LogP contribution < -0.4 is 5.32 Å². The molecule has 0 unspecified atom stereocenters. The maximum absolute atomic E-state index is 12.8. The van der Waals surface area contributed by atoms with Crippen molar-refractivity contribution in [1.29, 1.82) is 0 Å². The molecule has 1 aromatic heterocycles. The summed E-state index contributed by atoms with van der Waals surface area (Å²) >= 11 is 0. The standard InChI is InChI=1S/C21H27N3O2/c1-4-24(15-17-8-6-5-7-9-17)21(26)19-14-18(11-13-22-19)20(25)23-12-10-16(2)3/h5-9,11,13-14,16H,4,10,12,15H2,1-3H3,(H,23,25). The van der Waals surface area contributed by atoms with Gasteiger partial charge in [0.2, 0.25) is 0 Å². The van der Waals surface area contributed by atoms with E-state index in [1.807, 2.05) is 37.3 Å². The maximum atomic E-state index is 12.8. The minimum absolute atomic E-state index is 0.173. The van der Waals surface area contributed by atoms with Gasteiger partial charge >= 0.3 is 0 Å². The highest BCUT2D eigenvalue weighted by molar-refractivity contribution is 5.98. The van der Waals surface area contributed by atoms with Crippen molar-refractivity contribution >= 4 is 11.8 Å². The number of nitrogens with zero attached hydrogens (tertiary/aromatic N) is 2. The monoisotopic (exact) mass is 353 g/mol. The molecule has 26 heavy (non-hydrogen) atoms. The van der Waals surface area contributed by atoms with Gasteiger partial charge in [0.1, 0.15) is 5.69 Å². The van der Waals surface area contributed by atoms with E-state index in [2.05, 4.69) is 24.1 Å². The Bertz CT molecular complexity index is 729. The Hall–Kier alpha value is -2.69. The highest BCUT2D eigenvalue weighted by Gasteiger charge is 2.17. The Labute approximate surface area is 155 Å². The zero-order valence-corrected chi connectivity index (χ0v) is 15.7. The number of nitrogens with one attached hydrogen (secondary N) is 1. The Balaban J connectivity index is 2.07. The lowest BCUT2D eigenvalue weighted by Gasteiger charge is -2.20. The molecule has 1 heterocycles. The molecule has 5 nitrogen and oxygen atoms in total. The number of aromatic nitrogens is 1. The summed E-state index contributed by atoms with van der Waals surface area (Å²) in [7, 11) is 0. The van der Waals surface area contributed by atoms with Crippen LogP contribution in [0.1, 0.15) is 53.6 Å². The molecule has 2 aromatic rings. The third-order valence-electron chi connectivity index (χ3n) is 4.13. The molecular weight excluding hydrogens is 326 g/mol. The normalized spacial score (nSPS) is 10.6. The zero-order chi connectivity index (χ0) is 18.9. The molecule has 0 saturated carbocycles. The van der Waals surface area contributed by atoms with Crippen LogP contribution in [0.5, 0.6) is 0 Å². The molecule has 0 spiro atoms. The van der Waals surface area contributed by atoms with Crippen molar-refractivity contribution in [3.05, 3.63) is 65.5 Å². The van der Waals surface area contributed by atoms with Gasteiger partial charge in [0.15, 0.2) is 0 Å². The van der Waals surface area contributed by atoms with E-state index in [1.54, 1.807) is 17.0 Å². The lowest BCUT2D eigenvalue weighted by Crippen LogP contribution is -2.31. The molecule has 0 saturated heterocycles. The van der Waals surface area contributed by atoms with E-state index >= 15 is 0 Å². The summed E-state index contributed by atoms with van der Waals surface area (Å²) in [6.45, 7) is 7.87. The summed E-state index contributed by atoms with van der Waals surface area (Å²) in [6, 6.07) is 13.0. The number of benzene rings is 1. The summed E-state index contributed by atoms with van der Waals surface area (Å²) in [5.41, 5.74) is 1.81. The fourth-order valence-corrected chi connectivity index (χ4v) is 2.56. The van der Waals surface area contributed by atoms with Gasteiger partial charge in [-0.3, -0.25) is 14.6 Å². The summed E-state index contributed by atoms with van der Waals surface area (Å²) in [4.78, 5) is 30.9. The van der Waals surface area contributed by atoms with Gasteiger partial charge in [-0.1, -0.05) is 44.2 Å². The Morgan fingerprint density at radius 3 is 2.54 bits per heavy atom. The molecule has 0 fully saturated rings. The van der Waals surface area contributed by atoms with Gasteiger partial charge in [-0.15, -0.1) is 0 Å². The fourth-order valence-electron chi connectivity index (χ4n) is 2.56. The van der Waals surface area contributed by atoms with Gasteiger partial charge in [0.05, 0.1) is 0 Å². The van der Waals surface area contributed by atoms with Crippen molar-refractivity contribution in [2.75, 3.05) is 13.1 Å². The zero-order valence-electron chi connectivity index (χ0n) is 15.7. The molecule has 0 atom stereocenters. The van der Waals surface area contributed by atoms with Crippen LogP contribution in [0.15, 0.2) is 48.7 Å². The number of hydrogen-bond donors (Lipinski definition) is 1. The smallest absolute Gasteiger partial charge is 0.272 e. The van der Waals surface area contributed by atoms with Crippen LogP contribution in [0.4, 0.5) is 0 Å². The first-order valence-corrected chi connectivity index (χ1v) is 9.08. The fraction of sp³-hybridized carbons (Fsp3) is 0.381. The SMILES string of the molecule is CCN(Cc1ccccc1)C(=O)c1cc(C(=O)NCCC(C)C)ccn1. The quantitative estimate of drug-likeness (QED) is 0.790. The number of carbonyl (C=O) groups excluding carboxylic acids is 2. The molecule has 2 rings (SSSR count). The van der Waals surface area contributed by atoms with E-state index in [1.165, 1.54) is 6.20 Å². The Morgan fingerprint density at radius 1 is 1.15 bits per heavy atom. The van der Waals surface area contributed by atoms with E-state index in [0.29, 0.717) is 36.8 Å². The van der Waals surface area contributed by atoms with Crippen molar-refractivity contribution in [3.8, 4) is 0 Å². The molecule has 0 aliphatic carbocycles. The minimum atomic E-state index is -0.173. The maximum Gasteiger partial charge on any atom is 0.272 e. The third kappa shape index (κ3) is 5.69. The molecule has 1 aromatic carbocycles. The van der Waals surface area contributed by atoms with Crippen LogP contribution in [0.25, 0.3) is 0 Å². The molecule has 0 aliphatic rings. The van der Waals surface area contributed by atoms with Crippen LogP contribution in [-0.4, -0.2) is 34.8 Å². The lowest BCUT2D eigenvalue weighted by molar-refractivity contribution is 0.0746. The number of hydrogen-bond acceptors (Lipinski definition) is 3. The second-order valence-electron chi connectivity index (χ2n) is 6.67. The second-order valence-corrected chi connectivity index (χ2v) is 6.67. The largest absolute Gasteiger partial charge is 0.352 e. The van der Waals surface area contributed by atoms with E-state index in [9.17, 15) is 9.59 Å². The van der Waals surface area contributed by atoms with Crippen molar-refractivity contribution in [2.24, 2.45) is 5.92 Å². The highest BCUT2D eigenvalue weighted by Crippen LogP contribution is 2.10. The molecule has 0 aliphatic heterocycles. The first-order valence-electron chi connectivity index (χ1n) is 9.08. The Morgan fingerprint density at radius 2 is 1.88 bits per heavy atom. The average molecular weight is 353 g/mol. The van der Waals surface area contributed by atoms with Crippen molar-refractivity contribution in [1.82, 2.24) is 15.2 Å². The van der Waals surface area contributed by atoms with Gasteiger partial charge in [-0.25, -0.2) is 0 Å². The van der Waals surface area contributed by atoms with E-state index < -0.39 is 0 Å². The highest BCUT2D eigenvalue weighted by atomic mass is 16.2. The van der Waals surface area contributed by atoms with Crippen LogP contribution >= 0.6 is 0 Å². The first kappa shape index (κ1) is 19.6. The lowest BCUT2D eigenvalue weighted by atomic mass is 10.1. The second kappa shape index (κ2) is 9.70. The Kier molecular flexibility index (Phi) is 7.33. The molecule has 2 amide bonds.